The van der Waals surface area contributed by atoms with Crippen molar-refractivity contribution in [1.29, 1.82) is 0 Å². The smallest absolute Gasteiger partial charge is 0.265 e. The van der Waals surface area contributed by atoms with E-state index >= 15 is 0 Å². The van der Waals surface area contributed by atoms with Gasteiger partial charge in [0.05, 0.1) is 18.0 Å². The second-order valence-corrected chi connectivity index (χ2v) is 8.70. The fourth-order valence-corrected chi connectivity index (χ4v) is 4.55. The Morgan fingerprint density at radius 3 is 2.34 bits per heavy atom. The van der Waals surface area contributed by atoms with Crippen molar-refractivity contribution in [1.82, 2.24) is 10.2 Å². The number of ether oxygens (including phenoxy) is 1. The number of thiophene rings is 1. The highest BCUT2D eigenvalue weighted by molar-refractivity contribution is 7.12. The molecule has 0 unspecified atom stereocenters. The lowest BCUT2D eigenvalue weighted by molar-refractivity contribution is 0.0937. The summed E-state index contributed by atoms with van der Waals surface area (Å²) >= 11 is 1.39. The van der Waals surface area contributed by atoms with Crippen molar-refractivity contribution in [2.24, 2.45) is 0 Å². The van der Waals surface area contributed by atoms with Crippen molar-refractivity contribution >= 4 is 28.8 Å². The van der Waals surface area contributed by atoms with Gasteiger partial charge in [-0.15, -0.1) is 11.3 Å². The van der Waals surface area contributed by atoms with E-state index in [1.165, 1.54) is 29.7 Å². The van der Waals surface area contributed by atoms with Crippen LogP contribution < -0.4 is 15.4 Å². The van der Waals surface area contributed by atoms with Crippen LogP contribution in [0.2, 0.25) is 0 Å². The molecule has 166 valence electrons. The minimum Gasteiger partial charge on any atom is -0.497 e. The van der Waals surface area contributed by atoms with Crippen LogP contribution in [0.3, 0.4) is 0 Å². The second kappa shape index (κ2) is 10.4. The number of carbonyl (C=O) groups excluding carboxylic acids is 2. The lowest BCUT2D eigenvalue weighted by Gasteiger charge is -2.28. The lowest BCUT2D eigenvalue weighted by atomic mass is 10.0. The zero-order valence-corrected chi connectivity index (χ0v) is 18.9. The Morgan fingerprint density at radius 1 is 1.00 bits per heavy atom. The number of hydrogen-bond donors (Lipinski definition) is 2. The summed E-state index contributed by atoms with van der Waals surface area (Å²) in [5.41, 5.74) is 2.39. The average Bonchev–Trinajstić information content (AvgIpc) is 3.55. The molecule has 2 amide bonds. The van der Waals surface area contributed by atoms with Crippen LogP contribution in [0.25, 0.3) is 0 Å². The zero-order chi connectivity index (χ0) is 22.3. The van der Waals surface area contributed by atoms with Crippen molar-refractivity contribution in [3.8, 4) is 5.75 Å². The first-order valence-electron chi connectivity index (χ1n) is 10.7. The largest absolute Gasteiger partial charge is 0.497 e. The van der Waals surface area contributed by atoms with Crippen molar-refractivity contribution in [2.75, 3.05) is 32.1 Å². The van der Waals surface area contributed by atoms with Gasteiger partial charge in [-0.3, -0.25) is 14.5 Å². The third-order valence-electron chi connectivity index (χ3n) is 5.69. The molecule has 0 saturated carbocycles. The molecular formula is C25H27N3O3S. The number of carbonyl (C=O) groups is 2. The maximum Gasteiger partial charge on any atom is 0.265 e. The number of nitrogens with one attached hydrogen (secondary N) is 2. The number of hydrogen-bond acceptors (Lipinski definition) is 5. The molecule has 2 heterocycles. The summed E-state index contributed by atoms with van der Waals surface area (Å²) < 4.78 is 5.28. The lowest BCUT2D eigenvalue weighted by Crippen LogP contribution is -2.36. The Morgan fingerprint density at radius 2 is 1.72 bits per heavy atom. The molecule has 1 aliphatic rings. The van der Waals surface area contributed by atoms with Crippen LogP contribution in [0.4, 0.5) is 5.69 Å². The quantitative estimate of drug-likeness (QED) is 0.528. The molecule has 0 radical (unpaired) electrons. The van der Waals surface area contributed by atoms with Crippen LogP contribution in [0.15, 0.2) is 66.0 Å². The van der Waals surface area contributed by atoms with Gasteiger partial charge < -0.3 is 15.4 Å². The Kier molecular flexibility index (Phi) is 7.19. The van der Waals surface area contributed by atoms with Gasteiger partial charge in [0.1, 0.15) is 5.75 Å². The van der Waals surface area contributed by atoms with Gasteiger partial charge in [0.25, 0.3) is 11.8 Å². The molecule has 1 saturated heterocycles. The van der Waals surface area contributed by atoms with E-state index < -0.39 is 0 Å². The molecular weight excluding hydrogens is 422 g/mol. The number of benzene rings is 2. The molecule has 1 fully saturated rings. The molecule has 3 aromatic rings. The average molecular weight is 450 g/mol. The molecule has 0 bridgehead atoms. The van der Waals surface area contributed by atoms with Crippen LogP contribution in [-0.4, -0.2) is 43.5 Å². The fourth-order valence-electron chi connectivity index (χ4n) is 3.93. The van der Waals surface area contributed by atoms with Crippen LogP contribution in [0.5, 0.6) is 5.75 Å². The van der Waals surface area contributed by atoms with Gasteiger partial charge in [-0.25, -0.2) is 0 Å². The van der Waals surface area contributed by atoms with Crippen molar-refractivity contribution < 1.29 is 14.3 Å². The van der Waals surface area contributed by atoms with Gasteiger partial charge >= 0.3 is 0 Å². The van der Waals surface area contributed by atoms with E-state index in [-0.39, 0.29) is 17.9 Å². The van der Waals surface area contributed by atoms with Gasteiger partial charge in [-0.1, -0.05) is 18.2 Å². The van der Waals surface area contributed by atoms with Crippen LogP contribution in [-0.2, 0) is 0 Å². The second-order valence-electron chi connectivity index (χ2n) is 7.75. The summed E-state index contributed by atoms with van der Waals surface area (Å²) in [5.74, 6) is 0.549. The zero-order valence-electron chi connectivity index (χ0n) is 18.0. The monoisotopic (exact) mass is 449 g/mol. The highest BCUT2D eigenvalue weighted by Gasteiger charge is 2.24. The van der Waals surface area contributed by atoms with Gasteiger partial charge in [0.2, 0.25) is 0 Å². The third-order valence-corrected chi connectivity index (χ3v) is 6.56. The van der Waals surface area contributed by atoms with Crippen LogP contribution >= 0.6 is 11.3 Å². The first-order valence-corrected chi connectivity index (χ1v) is 11.6. The highest BCUT2D eigenvalue weighted by Crippen LogP contribution is 2.26. The van der Waals surface area contributed by atoms with E-state index in [1.807, 2.05) is 23.6 Å². The minimum absolute atomic E-state index is 0.122. The summed E-state index contributed by atoms with van der Waals surface area (Å²) in [6.45, 7) is 2.60. The Hall–Kier alpha value is -3.16. The number of likely N-dealkylation sites (tertiary alicyclic amines) is 1. The number of rotatable bonds is 8. The number of nitrogens with zero attached hydrogens (tertiary/aromatic N) is 1. The van der Waals surface area contributed by atoms with E-state index in [0.717, 1.165) is 18.8 Å². The molecule has 4 rings (SSSR count). The first kappa shape index (κ1) is 22.0. The summed E-state index contributed by atoms with van der Waals surface area (Å²) in [6, 6.07) is 18.8. The number of anilines is 1. The standard InChI is InChI=1S/C25H27N3O3S/c1-31-21-12-8-18(9-13-21)22(28-14-2-3-15-28)17-26-24(29)19-6-10-20(11-7-19)27-25(30)23-5-4-16-32-23/h4-13,16,22H,2-3,14-15,17H2,1H3,(H,26,29)(H,27,30)/t22-/m1/s1. The predicted octanol–water partition coefficient (Wildman–Crippen LogP) is 4.58. The number of methoxy groups -OCH3 is 1. The van der Waals surface area contributed by atoms with Crippen molar-refractivity contribution in [3.05, 3.63) is 82.0 Å². The molecule has 2 aromatic carbocycles. The summed E-state index contributed by atoms with van der Waals surface area (Å²) in [7, 11) is 1.66. The van der Waals surface area contributed by atoms with Crippen molar-refractivity contribution in [3.63, 3.8) is 0 Å². The topological polar surface area (TPSA) is 70.7 Å². The maximum absolute atomic E-state index is 12.8. The van der Waals surface area contributed by atoms with Gasteiger partial charge in [0, 0.05) is 17.8 Å². The normalized spacial score (nSPS) is 14.7. The van der Waals surface area contributed by atoms with Crippen LogP contribution in [0, 0.1) is 0 Å². The predicted molar refractivity (Wildman–Crippen MR) is 128 cm³/mol. The molecule has 6 nitrogen and oxygen atoms in total. The Bertz CT molecular complexity index is 1030. The SMILES string of the molecule is COc1ccc([C@@H](CNC(=O)c2ccc(NC(=O)c3cccs3)cc2)N2CCCC2)cc1. The number of amides is 2. The van der Waals surface area contributed by atoms with E-state index in [1.54, 1.807) is 37.4 Å². The minimum atomic E-state index is -0.148. The summed E-state index contributed by atoms with van der Waals surface area (Å²) in [6.07, 6.45) is 2.36. The molecule has 0 aliphatic carbocycles. The Labute approximate surface area is 192 Å². The van der Waals surface area contributed by atoms with Gasteiger partial charge in [0.15, 0.2) is 0 Å². The molecule has 0 spiro atoms. The molecule has 1 aliphatic heterocycles. The van der Waals surface area contributed by atoms with E-state index in [2.05, 4.69) is 27.7 Å². The van der Waals surface area contributed by atoms with E-state index in [4.69, 9.17) is 4.74 Å². The highest BCUT2D eigenvalue weighted by atomic mass is 32.1. The molecule has 32 heavy (non-hydrogen) atoms. The molecule has 2 N–H and O–H groups in total. The van der Waals surface area contributed by atoms with E-state index in [9.17, 15) is 9.59 Å². The van der Waals surface area contributed by atoms with Gasteiger partial charge in [-0.05, 0) is 79.3 Å². The molecule has 7 heteroatoms. The van der Waals surface area contributed by atoms with Gasteiger partial charge in [-0.2, -0.15) is 0 Å². The first-order chi connectivity index (χ1) is 15.6. The Balaban J connectivity index is 1.38. The molecule has 1 atom stereocenters. The maximum atomic E-state index is 12.8. The molecule has 1 aromatic heterocycles. The summed E-state index contributed by atoms with van der Waals surface area (Å²) in [4.78, 5) is 28.0. The van der Waals surface area contributed by atoms with Crippen molar-refractivity contribution in [2.45, 2.75) is 18.9 Å². The third kappa shape index (κ3) is 5.36. The summed E-state index contributed by atoms with van der Waals surface area (Å²) in [5, 5.41) is 7.80. The van der Waals surface area contributed by atoms with Crippen LogP contribution in [0.1, 0.15) is 44.5 Å². The van der Waals surface area contributed by atoms with E-state index in [0.29, 0.717) is 22.7 Å². The fraction of sp³-hybridized carbons (Fsp3) is 0.280.